The molecule has 0 aliphatic heterocycles. The Balaban J connectivity index is 0.000000214. The predicted molar refractivity (Wildman–Crippen MR) is 135 cm³/mol. The monoisotopic (exact) mass is 408 g/mol. The van der Waals surface area contributed by atoms with Crippen molar-refractivity contribution in [1.29, 1.82) is 5.41 Å². The zero-order valence-electron chi connectivity index (χ0n) is 18.7. The van der Waals surface area contributed by atoms with Crippen molar-refractivity contribution in [3.05, 3.63) is 133 Å². The van der Waals surface area contributed by atoms with Crippen LogP contribution in [0.1, 0.15) is 25.0 Å². The van der Waals surface area contributed by atoms with Crippen molar-refractivity contribution >= 4 is 5.71 Å². The van der Waals surface area contributed by atoms with Crippen LogP contribution in [-0.2, 0) is 13.5 Å². The highest BCUT2D eigenvalue weighted by molar-refractivity contribution is 6.06. The average Bonchev–Trinajstić information content (AvgIpc) is 3.28. The van der Waals surface area contributed by atoms with E-state index in [-0.39, 0.29) is 0 Å². The van der Waals surface area contributed by atoms with E-state index in [0.717, 1.165) is 12.0 Å². The number of hydrogen-bond donors (Lipinski definition) is 1. The van der Waals surface area contributed by atoms with E-state index in [9.17, 15) is 0 Å². The molecule has 1 N–H and O–H groups in total. The van der Waals surface area contributed by atoms with Crippen LogP contribution in [0.5, 0.6) is 0 Å². The lowest BCUT2D eigenvalue weighted by Crippen LogP contribution is -1.93. The number of aryl methyl sites for hydroxylation is 1. The minimum Gasteiger partial charge on any atom is -0.351 e. The fraction of sp³-hybridized carbons (Fsp3) is 0.138. The molecule has 1 heterocycles. The molecule has 2 heteroatoms. The third-order valence-electron chi connectivity index (χ3n) is 4.58. The zero-order valence-corrected chi connectivity index (χ0v) is 18.7. The smallest absolute Gasteiger partial charge is 0.0609 e. The molecule has 0 fully saturated rings. The van der Waals surface area contributed by atoms with E-state index in [0.29, 0.717) is 5.71 Å². The van der Waals surface area contributed by atoms with E-state index >= 15 is 0 Å². The largest absolute Gasteiger partial charge is 0.351 e. The van der Waals surface area contributed by atoms with Gasteiger partial charge in [-0.25, -0.2) is 0 Å². The Hall–Kier alpha value is -3.65. The number of nitrogens with zero attached hydrogens (tertiary/aromatic N) is 1. The van der Waals surface area contributed by atoms with Gasteiger partial charge in [-0.3, -0.25) is 0 Å². The van der Waals surface area contributed by atoms with Gasteiger partial charge in [0.15, 0.2) is 0 Å². The Morgan fingerprint density at radius 3 is 1.84 bits per heavy atom. The summed E-state index contributed by atoms with van der Waals surface area (Å²) in [6.07, 6.45) is 6.82. The summed E-state index contributed by atoms with van der Waals surface area (Å²) >= 11 is 0. The van der Waals surface area contributed by atoms with Crippen LogP contribution in [0.15, 0.2) is 121 Å². The molecule has 0 radical (unpaired) electrons. The van der Waals surface area contributed by atoms with Gasteiger partial charge in [0.2, 0.25) is 0 Å². The molecule has 0 spiro atoms. The average molecular weight is 409 g/mol. The Labute approximate surface area is 187 Å². The summed E-state index contributed by atoms with van der Waals surface area (Å²) in [5.74, 6) is 0. The van der Waals surface area contributed by atoms with Gasteiger partial charge in [-0.05, 0) is 41.3 Å². The first kappa shape index (κ1) is 23.6. The number of benzene rings is 3. The minimum atomic E-state index is 0.557. The summed E-state index contributed by atoms with van der Waals surface area (Å²) in [5.41, 5.74) is 5.31. The summed E-state index contributed by atoms with van der Waals surface area (Å²) < 4.78 is 2.12. The van der Waals surface area contributed by atoms with Crippen molar-refractivity contribution in [1.82, 2.24) is 4.57 Å². The highest BCUT2D eigenvalue weighted by Crippen LogP contribution is 2.17. The van der Waals surface area contributed by atoms with Crippen LogP contribution in [-0.4, -0.2) is 10.3 Å². The van der Waals surface area contributed by atoms with E-state index in [1.165, 1.54) is 16.8 Å². The molecule has 31 heavy (non-hydrogen) atoms. The van der Waals surface area contributed by atoms with Crippen LogP contribution in [0.3, 0.4) is 0 Å². The molecule has 4 rings (SSSR count). The fourth-order valence-electron chi connectivity index (χ4n) is 3.01. The van der Waals surface area contributed by atoms with Crippen molar-refractivity contribution in [2.24, 2.45) is 7.05 Å². The number of allylic oxidation sites excluding steroid dienone is 2. The lowest BCUT2D eigenvalue weighted by atomic mass is 10.1. The van der Waals surface area contributed by atoms with E-state index < -0.39 is 0 Å². The van der Waals surface area contributed by atoms with Crippen molar-refractivity contribution in [3.8, 4) is 11.3 Å². The van der Waals surface area contributed by atoms with E-state index in [1.54, 1.807) is 0 Å². The highest BCUT2D eigenvalue weighted by atomic mass is 14.9. The summed E-state index contributed by atoms with van der Waals surface area (Å²) in [4.78, 5) is 0. The van der Waals surface area contributed by atoms with Crippen molar-refractivity contribution in [3.63, 3.8) is 0 Å². The van der Waals surface area contributed by atoms with Gasteiger partial charge < -0.3 is 9.98 Å². The molecule has 0 atom stereocenters. The van der Waals surface area contributed by atoms with Crippen LogP contribution in [0, 0.1) is 5.41 Å². The van der Waals surface area contributed by atoms with Crippen LogP contribution in [0.2, 0.25) is 0 Å². The Morgan fingerprint density at radius 1 is 0.742 bits per heavy atom. The minimum absolute atomic E-state index is 0.557. The van der Waals surface area contributed by atoms with Gasteiger partial charge in [-0.1, -0.05) is 111 Å². The lowest BCUT2D eigenvalue weighted by Gasteiger charge is -2.01. The second-order valence-corrected chi connectivity index (χ2v) is 6.74. The molecule has 4 aromatic rings. The van der Waals surface area contributed by atoms with Gasteiger partial charge >= 0.3 is 0 Å². The molecule has 0 amide bonds. The van der Waals surface area contributed by atoms with Crippen molar-refractivity contribution in [2.45, 2.75) is 20.3 Å². The zero-order chi connectivity index (χ0) is 22.3. The second kappa shape index (κ2) is 13.6. The van der Waals surface area contributed by atoms with Gasteiger partial charge in [0, 0.05) is 18.9 Å². The van der Waals surface area contributed by atoms with Crippen LogP contribution in [0.4, 0.5) is 0 Å². The normalized spacial score (nSPS) is 9.90. The molecule has 0 bridgehead atoms. The third kappa shape index (κ3) is 7.94. The van der Waals surface area contributed by atoms with E-state index in [2.05, 4.69) is 66.3 Å². The molecule has 0 saturated heterocycles. The molecule has 3 aromatic carbocycles. The fourth-order valence-corrected chi connectivity index (χ4v) is 3.01. The summed E-state index contributed by atoms with van der Waals surface area (Å²) in [5, 5.41) is 7.91. The van der Waals surface area contributed by atoms with Crippen LogP contribution < -0.4 is 0 Å². The third-order valence-corrected chi connectivity index (χ3v) is 4.58. The van der Waals surface area contributed by atoms with E-state index in [4.69, 9.17) is 5.41 Å². The van der Waals surface area contributed by atoms with Crippen LogP contribution >= 0.6 is 0 Å². The number of nitrogens with one attached hydrogen (secondary N) is 1. The first-order chi connectivity index (χ1) is 15.2. The highest BCUT2D eigenvalue weighted by Gasteiger charge is 1.98. The van der Waals surface area contributed by atoms with Crippen molar-refractivity contribution < 1.29 is 0 Å². The van der Waals surface area contributed by atoms with Gasteiger partial charge in [-0.2, -0.15) is 0 Å². The molecule has 0 aliphatic rings. The maximum atomic E-state index is 7.91. The lowest BCUT2D eigenvalue weighted by molar-refractivity contribution is 0.937. The summed E-state index contributed by atoms with van der Waals surface area (Å²) in [7, 11) is 2.06. The first-order valence-electron chi connectivity index (χ1n) is 10.8. The van der Waals surface area contributed by atoms with Gasteiger partial charge in [0.05, 0.1) is 5.71 Å². The molecule has 1 aromatic heterocycles. The number of hydrogen-bond acceptors (Lipinski definition) is 1. The standard InChI is InChI=1S/C16H15N.C11H11N.C2H6/c17-16(15-11-5-2-6-12-15)13-7-10-14-8-3-1-4-9-14;1-12-9-5-8-11(12)10-6-3-2-4-7-10;1-2/h1-9,11-13,17H,10H2;2-9H,1H3;1-2H3/b13-7-,17-16?;;. The molecule has 158 valence electrons. The maximum Gasteiger partial charge on any atom is 0.0609 e. The Morgan fingerprint density at radius 2 is 1.29 bits per heavy atom. The number of aromatic nitrogens is 1. The van der Waals surface area contributed by atoms with Crippen molar-refractivity contribution in [2.75, 3.05) is 0 Å². The quantitative estimate of drug-likeness (QED) is 0.330. The van der Waals surface area contributed by atoms with Gasteiger partial charge in [-0.15, -0.1) is 0 Å². The molecule has 0 saturated carbocycles. The van der Waals surface area contributed by atoms with E-state index in [1.807, 2.05) is 80.6 Å². The molecular weight excluding hydrogens is 376 g/mol. The predicted octanol–water partition coefficient (Wildman–Crippen LogP) is 7.57. The molecular formula is C29H32N2. The van der Waals surface area contributed by atoms with Gasteiger partial charge in [0.25, 0.3) is 0 Å². The summed E-state index contributed by atoms with van der Waals surface area (Å²) in [6.45, 7) is 4.00. The second-order valence-electron chi connectivity index (χ2n) is 6.74. The molecule has 2 nitrogen and oxygen atoms in total. The Bertz CT molecular complexity index is 1030. The SMILES string of the molecule is CC.Cn1cccc1-c1ccccc1.N=C(/C=C\Cc1ccccc1)c1ccccc1. The molecule has 0 aliphatic carbocycles. The summed E-state index contributed by atoms with van der Waals surface area (Å²) in [6, 6.07) is 34.6. The molecule has 0 unspecified atom stereocenters. The van der Waals surface area contributed by atoms with Gasteiger partial charge in [0.1, 0.15) is 0 Å². The van der Waals surface area contributed by atoms with Crippen LogP contribution in [0.25, 0.3) is 11.3 Å². The Kier molecular flexibility index (Phi) is 10.3. The number of rotatable bonds is 5. The maximum absolute atomic E-state index is 7.91. The topological polar surface area (TPSA) is 28.8 Å². The first-order valence-corrected chi connectivity index (χ1v) is 10.8.